The highest BCUT2D eigenvalue weighted by Gasteiger charge is 2.27. The van der Waals surface area contributed by atoms with Gasteiger partial charge in [-0.1, -0.05) is 36.4 Å². The lowest BCUT2D eigenvalue weighted by molar-refractivity contribution is -0.132. The van der Waals surface area contributed by atoms with Crippen molar-refractivity contribution in [2.45, 2.75) is 51.0 Å². The number of nitrogens with zero attached hydrogens (tertiary/aromatic N) is 3. The number of aryl methyl sites for hydroxylation is 2. The van der Waals surface area contributed by atoms with Gasteiger partial charge in [0.1, 0.15) is 5.82 Å². The Bertz CT molecular complexity index is 1460. The van der Waals surface area contributed by atoms with Gasteiger partial charge >= 0.3 is 5.69 Å². The number of amides is 1. The van der Waals surface area contributed by atoms with Gasteiger partial charge in [-0.2, -0.15) is 0 Å². The van der Waals surface area contributed by atoms with Gasteiger partial charge in [-0.05, 0) is 55.4 Å². The van der Waals surface area contributed by atoms with Gasteiger partial charge < -0.3 is 19.2 Å². The van der Waals surface area contributed by atoms with Crippen LogP contribution in [0.25, 0.3) is 22.0 Å². The Morgan fingerprint density at radius 1 is 1.15 bits per heavy atom. The number of nitrogens with one attached hydrogen (secondary N) is 1. The van der Waals surface area contributed by atoms with E-state index < -0.39 is 0 Å². The Morgan fingerprint density at radius 3 is 2.77 bits per heavy atom. The molecular formula is C31H35FN4O3. The molecule has 204 valence electrons. The molecule has 0 aliphatic carbocycles. The molecule has 1 N–H and O–H groups in total. The average Bonchev–Trinajstić information content (AvgIpc) is 3.34. The fourth-order valence-electron chi connectivity index (χ4n) is 5.66. The first-order chi connectivity index (χ1) is 19.0. The van der Waals surface area contributed by atoms with Crippen LogP contribution in [0.1, 0.15) is 49.3 Å². The van der Waals surface area contributed by atoms with Crippen molar-refractivity contribution in [2.75, 3.05) is 26.8 Å². The van der Waals surface area contributed by atoms with E-state index in [-0.39, 0.29) is 23.3 Å². The number of benzene rings is 2. The maximum atomic E-state index is 14.8. The number of para-hydroxylation sites is 1. The van der Waals surface area contributed by atoms with Gasteiger partial charge in [0.15, 0.2) is 0 Å². The van der Waals surface area contributed by atoms with Crippen molar-refractivity contribution >= 4 is 16.8 Å². The Labute approximate surface area is 227 Å². The minimum atomic E-state index is -0.363. The second-order valence-corrected chi connectivity index (χ2v) is 10.3. The first kappa shape index (κ1) is 26.8. The summed E-state index contributed by atoms with van der Waals surface area (Å²) in [7, 11) is 1.68. The largest absolute Gasteiger partial charge is 0.385 e. The first-order valence-corrected chi connectivity index (χ1v) is 13.7. The molecule has 8 heteroatoms. The molecule has 0 spiro atoms. The summed E-state index contributed by atoms with van der Waals surface area (Å²) in [6.07, 6.45) is 8.06. The number of aromatic nitrogens is 3. The second kappa shape index (κ2) is 12.4. The molecule has 1 amide bonds. The van der Waals surface area contributed by atoms with E-state index in [1.165, 1.54) is 11.6 Å². The Hall–Kier alpha value is -3.78. The molecule has 1 unspecified atom stereocenters. The molecule has 2 aromatic carbocycles. The number of rotatable bonds is 10. The van der Waals surface area contributed by atoms with Gasteiger partial charge in [0, 0.05) is 74.7 Å². The fraction of sp³-hybridized carbons (Fsp3) is 0.387. The molecule has 1 fully saturated rings. The zero-order valence-electron chi connectivity index (χ0n) is 22.4. The first-order valence-electron chi connectivity index (χ1n) is 13.7. The summed E-state index contributed by atoms with van der Waals surface area (Å²) < 4.78 is 22.2. The van der Waals surface area contributed by atoms with Gasteiger partial charge in [0.05, 0.1) is 5.52 Å². The number of halogens is 1. The van der Waals surface area contributed by atoms with Crippen LogP contribution in [0.3, 0.4) is 0 Å². The topological polar surface area (TPSA) is 80.2 Å². The van der Waals surface area contributed by atoms with Gasteiger partial charge in [0.2, 0.25) is 5.91 Å². The highest BCUT2D eigenvalue weighted by Crippen LogP contribution is 2.33. The standard InChI is InChI=1S/C31H35FN4O3/c1-39-17-5-16-36-28(18-24-7-3-9-27(32)30(24)36)25-8-4-15-35(21-25)29(37)10-2-6-22-11-13-23(14-12-22)26-19-33-31(38)34-20-26/h3,7,9,11-14,18-20,25H,2,4-6,8,10,15-17,21H2,1H3,(H,33,34,38). The zero-order chi connectivity index (χ0) is 27.2. The molecule has 7 nitrogen and oxygen atoms in total. The van der Waals surface area contributed by atoms with Gasteiger partial charge in [0.25, 0.3) is 0 Å². The van der Waals surface area contributed by atoms with Gasteiger partial charge in [-0.15, -0.1) is 0 Å². The van der Waals surface area contributed by atoms with Crippen LogP contribution in [0.4, 0.5) is 4.39 Å². The molecule has 0 saturated carbocycles. The van der Waals surface area contributed by atoms with E-state index in [0.717, 1.165) is 60.9 Å². The highest BCUT2D eigenvalue weighted by molar-refractivity contribution is 5.82. The predicted molar refractivity (Wildman–Crippen MR) is 150 cm³/mol. The van der Waals surface area contributed by atoms with E-state index in [9.17, 15) is 14.0 Å². The van der Waals surface area contributed by atoms with Crippen LogP contribution in [0.2, 0.25) is 0 Å². The van der Waals surface area contributed by atoms with E-state index >= 15 is 0 Å². The van der Waals surface area contributed by atoms with Crippen molar-refractivity contribution in [3.05, 3.63) is 88.5 Å². The summed E-state index contributed by atoms with van der Waals surface area (Å²) in [5.41, 5.74) is 4.41. The number of H-pyrrole nitrogens is 1. The minimum Gasteiger partial charge on any atom is -0.385 e. The zero-order valence-corrected chi connectivity index (χ0v) is 22.4. The number of fused-ring (bicyclic) bond motifs is 1. The number of piperidine rings is 1. The summed E-state index contributed by atoms with van der Waals surface area (Å²) in [5, 5.41) is 0.911. The van der Waals surface area contributed by atoms with E-state index in [4.69, 9.17) is 4.74 Å². The van der Waals surface area contributed by atoms with Gasteiger partial charge in [-0.25, -0.2) is 14.2 Å². The summed E-state index contributed by atoms with van der Waals surface area (Å²) in [6.45, 7) is 2.75. The lowest BCUT2D eigenvalue weighted by Crippen LogP contribution is -2.39. The number of carbonyl (C=O) groups excluding carboxylic acids is 1. The van der Waals surface area contributed by atoms with Crippen LogP contribution in [0.5, 0.6) is 0 Å². The summed E-state index contributed by atoms with van der Waals surface area (Å²) in [5.74, 6) is 0.166. The number of ether oxygens (including phenoxy) is 1. The maximum absolute atomic E-state index is 14.8. The maximum Gasteiger partial charge on any atom is 0.344 e. The van der Waals surface area contributed by atoms with Crippen LogP contribution < -0.4 is 5.69 Å². The Balaban J connectivity index is 1.20. The molecule has 0 radical (unpaired) electrons. The average molecular weight is 531 g/mol. The molecule has 4 aromatic rings. The van der Waals surface area contributed by atoms with Crippen molar-refractivity contribution in [3.8, 4) is 11.1 Å². The van der Waals surface area contributed by atoms with E-state index in [1.807, 2.05) is 23.1 Å². The third-order valence-electron chi connectivity index (χ3n) is 7.64. The molecule has 5 rings (SSSR count). The molecule has 3 heterocycles. The summed E-state index contributed by atoms with van der Waals surface area (Å²) >= 11 is 0. The van der Waals surface area contributed by atoms with Crippen molar-refractivity contribution < 1.29 is 13.9 Å². The van der Waals surface area contributed by atoms with Crippen LogP contribution in [-0.4, -0.2) is 52.1 Å². The number of hydrogen-bond acceptors (Lipinski definition) is 4. The summed E-state index contributed by atoms with van der Waals surface area (Å²) in [6, 6.07) is 15.5. The lowest BCUT2D eigenvalue weighted by Gasteiger charge is -2.33. The number of hydrogen-bond donors (Lipinski definition) is 1. The fourth-order valence-corrected chi connectivity index (χ4v) is 5.66. The molecule has 1 aliphatic heterocycles. The number of carbonyl (C=O) groups is 1. The molecule has 1 aliphatic rings. The van der Waals surface area contributed by atoms with E-state index in [2.05, 4.69) is 32.7 Å². The SMILES string of the molecule is COCCCn1c(C2CCCN(C(=O)CCCc3ccc(-c4cnc(=O)[nH]c4)cc3)C2)cc2cccc(F)c21. The van der Waals surface area contributed by atoms with Gasteiger partial charge in [-0.3, -0.25) is 4.79 Å². The van der Waals surface area contributed by atoms with Crippen molar-refractivity contribution in [3.63, 3.8) is 0 Å². The quantitative estimate of drug-likeness (QED) is 0.282. The number of aromatic amines is 1. The van der Waals surface area contributed by atoms with Crippen molar-refractivity contribution in [2.24, 2.45) is 0 Å². The molecular weight excluding hydrogens is 495 g/mol. The monoisotopic (exact) mass is 530 g/mol. The smallest absolute Gasteiger partial charge is 0.344 e. The van der Waals surface area contributed by atoms with Crippen LogP contribution >= 0.6 is 0 Å². The summed E-state index contributed by atoms with van der Waals surface area (Å²) in [4.78, 5) is 32.7. The van der Waals surface area contributed by atoms with Crippen LogP contribution in [0, 0.1) is 5.82 Å². The third-order valence-corrected chi connectivity index (χ3v) is 7.64. The Kier molecular flexibility index (Phi) is 8.51. The number of methoxy groups -OCH3 is 1. The van der Waals surface area contributed by atoms with Crippen molar-refractivity contribution in [1.82, 2.24) is 19.4 Å². The highest BCUT2D eigenvalue weighted by atomic mass is 19.1. The molecule has 39 heavy (non-hydrogen) atoms. The lowest BCUT2D eigenvalue weighted by atomic mass is 9.94. The number of likely N-dealkylation sites (tertiary alicyclic amines) is 1. The predicted octanol–water partition coefficient (Wildman–Crippen LogP) is 5.30. The molecule has 2 aromatic heterocycles. The Morgan fingerprint density at radius 2 is 2.00 bits per heavy atom. The van der Waals surface area contributed by atoms with E-state index in [1.54, 1.807) is 25.6 Å². The minimum absolute atomic E-state index is 0.184. The van der Waals surface area contributed by atoms with Crippen molar-refractivity contribution in [1.29, 1.82) is 0 Å². The van der Waals surface area contributed by atoms with Crippen LogP contribution in [-0.2, 0) is 22.5 Å². The van der Waals surface area contributed by atoms with E-state index in [0.29, 0.717) is 31.6 Å². The molecule has 1 saturated heterocycles. The molecule has 1 atom stereocenters. The second-order valence-electron chi connectivity index (χ2n) is 10.3. The molecule has 0 bridgehead atoms. The van der Waals surface area contributed by atoms with Crippen LogP contribution in [0.15, 0.2) is 65.7 Å². The third kappa shape index (κ3) is 6.28. The normalized spacial score (nSPS) is 15.6.